The summed E-state index contributed by atoms with van der Waals surface area (Å²) in [5.74, 6) is 2.72. The summed E-state index contributed by atoms with van der Waals surface area (Å²) in [6.07, 6.45) is 12.5. The van der Waals surface area contributed by atoms with Gasteiger partial charge in [-0.2, -0.15) is 0 Å². The topological polar surface area (TPSA) is 26.3 Å². The molecule has 2 heteroatoms. The molecule has 0 aromatic rings. The largest absolute Gasteiger partial charge is 0.370 e. The van der Waals surface area contributed by atoms with Crippen LogP contribution in [-0.2, 0) is 9.53 Å². The van der Waals surface area contributed by atoms with Crippen molar-refractivity contribution in [3.05, 3.63) is 0 Å². The van der Waals surface area contributed by atoms with E-state index in [4.69, 9.17) is 11.2 Å². The normalized spacial score (nSPS) is 20.3. The van der Waals surface area contributed by atoms with Crippen LogP contribution in [0.15, 0.2) is 0 Å². The van der Waals surface area contributed by atoms with Gasteiger partial charge in [0.1, 0.15) is 5.60 Å². The predicted octanol–water partition coefficient (Wildman–Crippen LogP) is 2.71. The van der Waals surface area contributed by atoms with E-state index in [9.17, 15) is 4.79 Å². The number of hydrogen-bond donors (Lipinski definition) is 0. The maximum atomic E-state index is 12.0. The Bertz CT molecular complexity index is 242. The van der Waals surface area contributed by atoms with Crippen LogP contribution in [0.2, 0.25) is 0 Å². The van der Waals surface area contributed by atoms with Crippen LogP contribution in [0, 0.1) is 12.3 Å². The standard InChI is InChI=1S/C13H20O2/c1-3-4-9-12(14)13(15-2)10-7-5-6-8-11-13/h1H,4-11H2,2H3. The number of terminal acetylenes is 1. The van der Waals surface area contributed by atoms with E-state index >= 15 is 0 Å². The Labute approximate surface area is 92.4 Å². The fraction of sp³-hybridized carbons (Fsp3) is 0.769. The maximum Gasteiger partial charge on any atom is 0.165 e. The average molecular weight is 208 g/mol. The molecule has 0 N–H and O–H groups in total. The van der Waals surface area contributed by atoms with Crippen LogP contribution in [0.4, 0.5) is 0 Å². The van der Waals surface area contributed by atoms with Gasteiger partial charge in [0.15, 0.2) is 5.78 Å². The van der Waals surface area contributed by atoms with Gasteiger partial charge in [-0.3, -0.25) is 4.79 Å². The molecule has 0 aliphatic heterocycles. The molecule has 0 aromatic carbocycles. The molecule has 1 fully saturated rings. The molecule has 0 heterocycles. The SMILES string of the molecule is C#CCCC(=O)C1(OC)CCCCCC1. The minimum absolute atomic E-state index is 0.199. The molecule has 84 valence electrons. The summed E-state index contributed by atoms with van der Waals surface area (Å²) in [5.41, 5.74) is -0.520. The molecule has 0 bridgehead atoms. The van der Waals surface area contributed by atoms with E-state index in [2.05, 4.69) is 5.92 Å². The van der Waals surface area contributed by atoms with Gasteiger partial charge in [0.05, 0.1) is 0 Å². The molecule has 0 aromatic heterocycles. The third-order valence-corrected chi connectivity index (χ3v) is 3.31. The van der Waals surface area contributed by atoms with Gasteiger partial charge >= 0.3 is 0 Å². The highest BCUT2D eigenvalue weighted by Crippen LogP contribution is 2.31. The molecular weight excluding hydrogens is 188 g/mol. The molecule has 1 rings (SSSR count). The third-order valence-electron chi connectivity index (χ3n) is 3.31. The first-order valence-electron chi connectivity index (χ1n) is 5.77. The van der Waals surface area contributed by atoms with E-state index in [1.54, 1.807) is 7.11 Å². The number of hydrogen-bond acceptors (Lipinski definition) is 2. The quantitative estimate of drug-likeness (QED) is 0.524. The van der Waals surface area contributed by atoms with E-state index in [1.807, 2.05) is 0 Å². The molecule has 0 amide bonds. The minimum Gasteiger partial charge on any atom is -0.370 e. The van der Waals surface area contributed by atoms with Crippen LogP contribution in [-0.4, -0.2) is 18.5 Å². The molecule has 0 atom stereocenters. The summed E-state index contributed by atoms with van der Waals surface area (Å²) in [6.45, 7) is 0. The Morgan fingerprint density at radius 2 is 1.93 bits per heavy atom. The molecule has 1 aliphatic rings. The summed E-state index contributed by atoms with van der Waals surface area (Å²) in [5, 5.41) is 0. The lowest BCUT2D eigenvalue weighted by molar-refractivity contribution is -0.142. The first-order valence-corrected chi connectivity index (χ1v) is 5.77. The van der Waals surface area contributed by atoms with Crippen LogP contribution in [0.25, 0.3) is 0 Å². The number of ether oxygens (including phenoxy) is 1. The number of ketones is 1. The Balaban J connectivity index is 2.64. The first kappa shape index (κ1) is 12.3. The highest BCUT2D eigenvalue weighted by Gasteiger charge is 2.37. The van der Waals surface area contributed by atoms with Crippen LogP contribution >= 0.6 is 0 Å². The smallest absolute Gasteiger partial charge is 0.165 e. The zero-order chi connectivity index (χ0) is 11.1. The maximum absolute atomic E-state index is 12.0. The molecule has 15 heavy (non-hydrogen) atoms. The highest BCUT2D eigenvalue weighted by molar-refractivity contribution is 5.87. The molecule has 0 unspecified atom stereocenters. The molecule has 0 radical (unpaired) electrons. The minimum atomic E-state index is -0.520. The van der Waals surface area contributed by atoms with Gasteiger partial charge in [-0.1, -0.05) is 25.7 Å². The number of methoxy groups -OCH3 is 1. The fourth-order valence-corrected chi connectivity index (χ4v) is 2.31. The van der Waals surface area contributed by atoms with Crippen molar-refractivity contribution in [2.75, 3.05) is 7.11 Å². The highest BCUT2D eigenvalue weighted by atomic mass is 16.5. The number of carbonyl (C=O) groups is 1. The Hall–Kier alpha value is -0.810. The summed E-state index contributed by atoms with van der Waals surface area (Å²) in [6, 6.07) is 0. The molecule has 1 aliphatic carbocycles. The Morgan fingerprint density at radius 1 is 1.33 bits per heavy atom. The van der Waals surface area contributed by atoms with Crippen molar-refractivity contribution in [2.45, 2.75) is 57.0 Å². The summed E-state index contributed by atoms with van der Waals surface area (Å²) in [7, 11) is 1.65. The molecule has 2 nitrogen and oxygen atoms in total. The summed E-state index contributed by atoms with van der Waals surface area (Å²) in [4.78, 5) is 12.0. The summed E-state index contributed by atoms with van der Waals surface area (Å²) < 4.78 is 5.50. The fourth-order valence-electron chi connectivity index (χ4n) is 2.31. The van der Waals surface area contributed by atoms with Crippen LogP contribution in [0.1, 0.15) is 51.4 Å². The zero-order valence-corrected chi connectivity index (χ0v) is 9.55. The van der Waals surface area contributed by atoms with Crippen molar-refractivity contribution in [3.63, 3.8) is 0 Å². The van der Waals surface area contributed by atoms with Gasteiger partial charge < -0.3 is 4.74 Å². The van der Waals surface area contributed by atoms with E-state index in [0.29, 0.717) is 12.8 Å². The number of rotatable bonds is 4. The van der Waals surface area contributed by atoms with Crippen LogP contribution < -0.4 is 0 Å². The predicted molar refractivity (Wildman–Crippen MR) is 60.5 cm³/mol. The third kappa shape index (κ3) is 3.07. The van der Waals surface area contributed by atoms with Crippen molar-refractivity contribution in [3.8, 4) is 12.3 Å². The van der Waals surface area contributed by atoms with Crippen molar-refractivity contribution in [1.82, 2.24) is 0 Å². The average Bonchev–Trinajstić information content (AvgIpc) is 2.52. The lowest BCUT2D eigenvalue weighted by Crippen LogP contribution is -2.40. The van der Waals surface area contributed by atoms with Crippen LogP contribution in [0.3, 0.4) is 0 Å². The Morgan fingerprint density at radius 3 is 2.40 bits per heavy atom. The van der Waals surface area contributed by atoms with Crippen molar-refractivity contribution < 1.29 is 9.53 Å². The van der Waals surface area contributed by atoms with Crippen molar-refractivity contribution >= 4 is 5.78 Å². The van der Waals surface area contributed by atoms with E-state index in [0.717, 1.165) is 25.7 Å². The van der Waals surface area contributed by atoms with E-state index in [-0.39, 0.29) is 5.78 Å². The van der Waals surface area contributed by atoms with Gasteiger partial charge in [-0.25, -0.2) is 0 Å². The molecule has 0 spiro atoms. The van der Waals surface area contributed by atoms with Gasteiger partial charge in [0.25, 0.3) is 0 Å². The summed E-state index contributed by atoms with van der Waals surface area (Å²) >= 11 is 0. The van der Waals surface area contributed by atoms with Gasteiger partial charge in [-0.05, 0) is 12.8 Å². The van der Waals surface area contributed by atoms with Gasteiger partial charge in [0, 0.05) is 20.0 Å². The van der Waals surface area contributed by atoms with E-state index in [1.165, 1.54) is 12.8 Å². The number of carbonyl (C=O) groups excluding carboxylic acids is 1. The number of Topliss-reactive ketones (excluding diaryl/α,β-unsaturated/α-hetero) is 1. The van der Waals surface area contributed by atoms with Crippen molar-refractivity contribution in [2.24, 2.45) is 0 Å². The van der Waals surface area contributed by atoms with Crippen LogP contribution in [0.5, 0.6) is 0 Å². The lowest BCUT2D eigenvalue weighted by atomic mass is 9.87. The second-order valence-corrected chi connectivity index (χ2v) is 4.24. The molecule has 0 saturated heterocycles. The van der Waals surface area contributed by atoms with E-state index < -0.39 is 5.60 Å². The molecule has 1 saturated carbocycles. The first-order chi connectivity index (χ1) is 7.25. The van der Waals surface area contributed by atoms with Crippen molar-refractivity contribution in [1.29, 1.82) is 0 Å². The molecular formula is C13H20O2. The lowest BCUT2D eigenvalue weighted by Gasteiger charge is -2.29. The monoisotopic (exact) mass is 208 g/mol. The Kier molecular flexibility index (Phi) is 4.84. The van der Waals surface area contributed by atoms with Gasteiger partial charge in [0.2, 0.25) is 0 Å². The second kappa shape index (κ2) is 5.92. The zero-order valence-electron chi connectivity index (χ0n) is 9.55. The second-order valence-electron chi connectivity index (χ2n) is 4.24. The van der Waals surface area contributed by atoms with Gasteiger partial charge in [-0.15, -0.1) is 12.3 Å².